The molecule has 1 aliphatic heterocycles. The predicted octanol–water partition coefficient (Wildman–Crippen LogP) is 4.77. The average molecular weight is 433 g/mol. The second-order valence-electron chi connectivity index (χ2n) is 6.97. The molecule has 1 aromatic heterocycles. The molecule has 0 unspecified atom stereocenters. The van der Waals surface area contributed by atoms with Crippen molar-refractivity contribution in [2.75, 3.05) is 5.33 Å². The van der Waals surface area contributed by atoms with E-state index in [-0.39, 0.29) is 16.9 Å². The molecule has 2 heterocycles. The van der Waals surface area contributed by atoms with E-state index in [4.69, 9.17) is 9.15 Å². The van der Waals surface area contributed by atoms with Gasteiger partial charge in [-0.3, -0.25) is 4.79 Å². The molecule has 0 saturated heterocycles. The van der Waals surface area contributed by atoms with Gasteiger partial charge in [-0.15, -0.1) is 0 Å². The van der Waals surface area contributed by atoms with Crippen LogP contribution in [0.25, 0.3) is 17.0 Å². The number of fused-ring (bicyclic) bond motifs is 3. The van der Waals surface area contributed by atoms with Gasteiger partial charge in [0, 0.05) is 11.4 Å². The highest BCUT2D eigenvalue weighted by atomic mass is 79.9. The number of carbonyl (C=O) groups excluding carboxylic acids is 1. The van der Waals surface area contributed by atoms with Crippen LogP contribution in [0, 0.1) is 0 Å². The maximum Gasteiger partial charge on any atom is 0.336 e. The number of alkyl halides is 1. The Morgan fingerprint density at radius 2 is 2.11 bits per heavy atom. The Balaban J connectivity index is 2.47. The Kier molecular flexibility index (Phi) is 5.29. The van der Waals surface area contributed by atoms with Gasteiger partial charge in [0.1, 0.15) is 22.7 Å². The fraction of sp³-hybridized carbons (Fsp3) is 0.333. The molecule has 6 heteroatoms. The lowest BCUT2D eigenvalue weighted by Gasteiger charge is -2.30. The van der Waals surface area contributed by atoms with Crippen molar-refractivity contribution < 1.29 is 19.1 Å². The molecule has 2 aromatic rings. The molecule has 0 spiro atoms. The molecule has 3 rings (SSSR count). The zero-order valence-electron chi connectivity index (χ0n) is 15.5. The predicted molar refractivity (Wildman–Crippen MR) is 109 cm³/mol. The van der Waals surface area contributed by atoms with E-state index in [1.54, 1.807) is 12.2 Å². The van der Waals surface area contributed by atoms with Gasteiger partial charge < -0.3 is 14.3 Å². The third-order valence-corrected chi connectivity index (χ3v) is 4.75. The topological polar surface area (TPSA) is 76.7 Å². The number of halogens is 1. The Bertz CT molecular complexity index is 1030. The van der Waals surface area contributed by atoms with E-state index in [0.717, 1.165) is 12.0 Å². The van der Waals surface area contributed by atoms with Crippen molar-refractivity contribution in [2.24, 2.45) is 0 Å². The van der Waals surface area contributed by atoms with Crippen LogP contribution in [0.5, 0.6) is 11.5 Å². The lowest BCUT2D eigenvalue weighted by molar-refractivity contribution is 0.104. The van der Waals surface area contributed by atoms with Crippen molar-refractivity contribution in [2.45, 2.75) is 39.2 Å². The molecule has 0 bridgehead atoms. The van der Waals surface area contributed by atoms with Crippen molar-refractivity contribution in [3.8, 4) is 11.5 Å². The zero-order chi connectivity index (χ0) is 19.8. The van der Waals surface area contributed by atoms with Gasteiger partial charge in [-0.1, -0.05) is 35.4 Å². The van der Waals surface area contributed by atoms with Crippen LogP contribution in [-0.4, -0.2) is 21.8 Å². The summed E-state index contributed by atoms with van der Waals surface area (Å²) in [5, 5.41) is 11.9. The largest absolute Gasteiger partial charge is 0.506 e. The van der Waals surface area contributed by atoms with E-state index in [1.807, 2.05) is 26.8 Å². The number of allylic oxidation sites excluding steroid dienone is 2. The van der Waals surface area contributed by atoms with Crippen LogP contribution in [0.2, 0.25) is 0 Å². The normalized spacial score (nSPS) is 15.1. The minimum Gasteiger partial charge on any atom is -0.506 e. The molecule has 142 valence electrons. The summed E-state index contributed by atoms with van der Waals surface area (Å²) in [6.07, 6.45) is 7.97. The molecule has 0 radical (unpaired) electrons. The van der Waals surface area contributed by atoms with E-state index in [0.29, 0.717) is 28.5 Å². The molecule has 0 aliphatic carbocycles. The standard InChI is InChI=1S/C21H21BrO5/c1-4-6-12-11-15(24)26-20-16(12)19-13(8-9-21(2,3)27-19)18(25)17(20)14(23)7-5-10-22/h5,7-9,11,25H,4,6,10H2,1-3H3/b7-5+. The first-order valence-corrected chi connectivity index (χ1v) is 9.92. The van der Waals surface area contributed by atoms with Gasteiger partial charge in [0.25, 0.3) is 0 Å². The minimum absolute atomic E-state index is 0.0241. The number of aromatic hydroxyl groups is 1. The number of carbonyl (C=O) groups is 1. The quantitative estimate of drug-likeness (QED) is 0.318. The number of rotatable bonds is 5. The van der Waals surface area contributed by atoms with E-state index >= 15 is 0 Å². The Labute approximate surface area is 165 Å². The third-order valence-electron chi connectivity index (χ3n) is 4.37. The first-order chi connectivity index (χ1) is 12.8. The Morgan fingerprint density at radius 3 is 2.78 bits per heavy atom. The SMILES string of the molecule is CCCc1cc(=O)oc2c(C(=O)/C=C/CBr)c(O)c3c(c12)OC(C)(C)C=C3. The molecule has 27 heavy (non-hydrogen) atoms. The summed E-state index contributed by atoms with van der Waals surface area (Å²) in [5.41, 5.74) is 0.0528. The third kappa shape index (κ3) is 3.58. The lowest BCUT2D eigenvalue weighted by Crippen LogP contribution is -2.28. The number of hydrogen-bond donors (Lipinski definition) is 1. The number of benzene rings is 1. The summed E-state index contributed by atoms with van der Waals surface area (Å²) in [4.78, 5) is 24.9. The van der Waals surface area contributed by atoms with E-state index in [1.165, 1.54) is 12.1 Å². The van der Waals surface area contributed by atoms with Gasteiger partial charge in [0.05, 0.1) is 10.9 Å². The molecule has 0 fully saturated rings. The van der Waals surface area contributed by atoms with E-state index < -0.39 is 17.0 Å². The van der Waals surface area contributed by atoms with Crippen LogP contribution in [0.3, 0.4) is 0 Å². The van der Waals surface area contributed by atoms with Crippen molar-refractivity contribution in [3.63, 3.8) is 0 Å². The van der Waals surface area contributed by atoms with Gasteiger partial charge in [-0.05, 0) is 44.1 Å². The maximum absolute atomic E-state index is 12.7. The number of aryl methyl sites for hydroxylation is 1. The lowest BCUT2D eigenvalue weighted by atomic mass is 9.92. The fourth-order valence-corrected chi connectivity index (χ4v) is 3.41. The molecule has 1 aliphatic rings. The molecule has 0 saturated carbocycles. The molecule has 1 N–H and O–H groups in total. The minimum atomic E-state index is -0.590. The summed E-state index contributed by atoms with van der Waals surface area (Å²) in [7, 11) is 0. The second kappa shape index (κ2) is 7.35. The highest BCUT2D eigenvalue weighted by Crippen LogP contribution is 2.46. The molecule has 0 amide bonds. The van der Waals surface area contributed by atoms with Crippen LogP contribution >= 0.6 is 15.9 Å². The monoisotopic (exact) mass is 432 g/mol. The molecule has 1 aromatic carbocycles. The maximum atomic E-state index is 12.7. The van der Waals surface area contributed by atoms with Gasteiger partial charge in [-0.2, -0.15) is 0 Å². The van der Waals surface area contributed by atoms with Gasteiger partial charge in [0.15, 0.2) is 11.4 Å². The van der Waals surface area contributed by atoms with Gasteiger partial charge in [-0.25, -0.2) is 4.79 Å². The first-order valence-electron chi connectivity index (χ1n) is 8.79. The van der Waals surface area contributed by atoms with Crippen LogP contribution in [0.1, 0.15) is 48.7 Å². The van der Waals surface area contributed by atoms with Crippen molar-refractivity contribution >= 4 is 38.8 Å². The van der Waals surface area contributed by atoms with Crippen molar-refractivity contribution in [3.05, 3.63) is 51.4 Å². The number of ketones is 1. The van der Waals surface area contributed by atoms with Crippen molar-refractivity contribution in [1.82, 2.24) is 0 Å². The summed E-state index contributed by atoms with van der Waals surface area (Å²) >= 11 is 3.23. The number of phenols is 1. The number of ether oxygens (including phenoxy) is 1. The Morgan fingerprint density at radius 1 is 1.37 bits per heavy atom. The van der Waals surface area contributed by atoms with Crippen LogP contribution in [0.15, 0.2) is 33.5 Å². The highest BCUT2D eigenvalue weighted by molar-refractivity contribution is 9.09. The van der Waals surface area contributed by atoms with Gasteiger partial charge in [0.2, 0.25) is 0 Å². The zero-order valence-corrected chi connectivity index (χ0v) is 17.1. The van der Waals surface area contributed by atoms with E-state index in [9.17, 15) is 14.7 Å². The molecule has 5 nitrogen and oxygen atoms in total. The second-order valence-corrected chi connectivity index (χ2v) is 7.62. The van der Waals surface area contributed by atoms with Crippen LogP contribution in [-0.2, 0) is 6.42 Å². The first kappa shape index (κ1) is 19.4. The van der Waals surface area contributed by atoms with Gasteiger partial charge >= 0.3 is 5.63 Å². The average Bonchev–Trinajstić information content (AvgIpc) is 2.58. The Hall–Kier alpha value is -2.34. The smallest absolute Gasteiger partial charge is 0.336 e. The number of hydrogen-bond acceptors (Lipinski definition) is 5. The molecular weight excluding hydrogens is 412 g/mol. The summed E-state index contributed by atoms with van der Waals surface area (Å²) < 4.78 is 11.5. The van der Waals surface area contributed by atoms with Crippen molar-refractivity contribution in [1.29, 1.82) is 0 Å². The van der Waals surface area contributed by atoms with E-state index in [2.05, 4.69) is 15.9 Å². The molecule has 0 atom stereocenters. The fourth-order valence-electron chi connectivity index (χ4n) is 3.22. The number of phenolic OH excluding ortho intramolecular Hbond substituents is 1. The highest BCUT2D eigenvalue weighted by Gasteiger charge is 2.31. The summed E-state index contributed by atoms with van der Waals surface area (Å²) in [6.45, 7) is 5.79. The summed E-state index contributed by atoms with van der Waals surface area (Å²) in [5.74, 6) is -0.247. The van der Waals surface area contributed by atoms with Crippen LogP contribution in [0.4, 0.5) is 0 Å². The molecular formula is C21H21BrO5. The van der Waals surface area contributed by atoms with Crippen LogP contribution < -0.4 is 10.4 Å². The summed E-state index contributed by atoms with van der Waals surface area (Å²) in [6, 6.07) is 1.43.